The van der Waals surface area contributed by atoms with Gasteiger partial charge in [-0.1, -0.05) is 29.3 Å². The Hall–Kier alpha value is -1.78. The van der Waals surface area contributed by atoms with E-state index in [1.54, 1.807) is 0 Å². The molecule has 0 atom stereocenters. The number of rotatable bonds is 2. The van der Waals surface area contributed by atoms with E-state index in [2.05, 4.69) is 5.32 Å². The second-order valence-corrected chi connectivity index (χ2v) is 4.62. The number of amides is 1. The van der Waals surface area contributed by atoms with Crippen LogP contribution < -0.4 is 5.32 Å². The van der Waals surface area contributed by atoms with Crippen LogP contribution in [0.15, 0.2) is 36.4 Å². The number of phenolic OH excluding ortho intramolecular Hbond substituents is 1. The molecule has 2 rings (SSSR count). The summed E-state index contributed by atoms with van der Waals surface area (Å²) >= 11 is 11.6. The maximum absolute atomic E-state index is 13.5. The van der Waals surface area contributed by atoms with Gasteiger partial charge in [-0.05, 0) is 30.3 Å². The minimum absolute atomic E-state index is 0.310. The summed E-state index contributed by atoms with van der Waals surface area (Å²) in [7, 11) is 0. The van der Waals surface area contributed by atoms with E-state index in [-0.39, 0.29) is 0 Å². The lowest BCUT2D eigenvalue weighted by Crippen LogP contribution is -2.14. The predicted octanol–water partition coefficient (Wildman–Crippen LogP) is 4.09. The van der Waals surface area contributed by atoms with E-state index in [0.717, 1.165) is 6.07 Å². The number of hydrogen-bond acceptors (Lipinski definition) is 2. The van der Waals surface area contributed by atoms with Crippen molar-refractivity contribution in [2.45, 2.75) is 0 Å². The van der Waals surface area contributed by atoms with Crippen LogP contribution >= 0.6 is 23.2 Å². The maximum atomic E-state index is 13.5. The van der Waals surface area contributed by atoms with Crippen LogP contribution in [0, 0.1) is 5.82 Å². The fourth-order valence-corrected chi connectivity index (χ4v) is 2.08. The third kappa shape index (κ3) is 3.16. The summed E-state index contributed by atoms with van der Waals surface area (Å²) in [5.41, 5.74) is -0.122. The quantitative estimate of drug-likeness (QED) is 0.877. The molecule has 0 aliphatic carbocycles. The Labute approximate surface area is 118 Å². The lowest BCUT2D eigenvalue weighted by atomic mass is 10.1. The molecule has 2 aromatic rings. The summed E-state index contributed by atoms with van der Waals surface area (Å²) in [6.45, 7) is 0. The first-order valence-corrected chi connectivity index (χ1v) is 5.98. The van der Waals surface area contributed by atoms with Gasteiger partial charge in [0, 0.05) is 15.7 Å². The Bertz CT molecular complexity index is 606. The van der Waals surface area contributed by atoms with Gasteiger partial charge in [-0.2, -0.15) is 0 Å². The molecule has 0 aliphatic rings. The Morgan fingerprint density at radius 3 is 2.37 bits per heavy atom. The Balaban J connectivity index is 2.31. The monoisotopic (exact) mass is 299 g/mol. The van der Waals surface area contributed by atoms with Crippen LogP contribution in [0.1, 0.15) is 10.4 Å². The van der Waals surface area contributed by atoms with Crippen molar-refractivity contribution in [3.8, 4) is 5.75 Å². The van der Waals surface area contributed by atoms with Crippen molar-refractivity contribution in [2.75, 3.05) is 5.32 Å². The molecule has 0 saturated heterocycles. The van der Waals surface area contributed by atoms with Crippen LogP contribution in [0.5, 0.6) is 5.75 Å². The van der Waals surface area contributed by atoms with Crippen molar-refractivity contribution in [2.24, 2.45) is 0 Å². The molecule has 98 valence electrons. The van der Waals surface area contributed by atoms with Crippen molar-refractivity contribution >= 4 is 34.8 Å². The molecule has 0 saturated carbocycles. The number of anilines is 1. The molecule has 0 radical (unpaired) electrons. The third-order valence-electron chi connectivity index (χ3n) is 2.34. The first-order chi connectivity index (χ1) is 8.97. The number of aromatic hydroxyl groups is 1. The van der Waals surface area contributed by atoms with Gasteiger partial charge in [-0.15, -0.1) is 0 Å². The first-order valence-electron chi connectivity index (χ1n) is 5.22. The average molecular weight is 300 g/mol. The van der Waals surface area contributed by atoms with E-state index >= 15 is 0 Å². The number of benzene rings is 2. The molecule has 6 heteroatoms. The molecule has 0 bridgehead atoms. The SMILES string of the molecule is O=C(Nc1cc(Cl)cc(Cl)c1)c1c(O)cccc1F. The molecule has 2 aromatic carbocycles. The summed E-state index contributed by atoms with van der Waals surface area (Å²) in [5.74, 6) is -2.04. The minimum Gasteiger partial charge on any atom is -0.507 e. The molecular weight excluding hydrogens is 292 g/mol. The Morgan fingerprint density at radius 1 is 1.16 bits per heavy atom. The molecule has 19 heavy (non-hydrogen) atoms. The van der Waals surface area contributed by atoms with Gasteiger partial charge in [-0.3, -0.25) is 4.79 Å². The summed E-state index contributed by atoms with van der Waals surface area (Å²) in [4.78, 5) is 11.9. The highest BCUT2D eigenvalue weighted by Crippen LogP contribution is 2.25. The predicted molar refractivity (Wildman–Crippen MR) is 72.5 cm³/mol. The normalized spacial score (nSPS) is 10.3. The highest BCUT2D eigenvalue weighted by atomic mass is 35.5. The number of hydrogen-bond donors (Lipinski definition) is 2. The van der Waals surface area contributed by atoms with Crippen molar-refractivity contribution in [1.29, 1.82) is 0 Å². The van der Waals surface area contributed by atoms with E-state index in [9.17, 15) is 14.3 Å². The summed E-state index contributed by atoms with van der Waals surface area (Å²) in [5, 5.41) is 12.6. The lowest BCUT2D eigenvalue weighted by molar-refractivity contribution is 0.102. The largest absolute Gasteiger partial charge is 0.507 e. The van der Waals surface area contributed by atoms with Crippen molar-refractivity contribution in [1.82, 2.24) is 0 Å². The average Bonchev–Trinajstić information content (AvgIpc) is 2.26. The van der Waals surface area contributed by atoms with Crippen LogP contribution in [0.25, 0.3) is 0 Å². The first kappa shape index (κ1) is 13.6. The fourth-order valence-electron chi connectivity index (χ4n) is 1.56. The third-order valence-corrected chi connectivity index (χ3v) is 2.78. The molecule has 0 heterocycles. The highest BCUT2D eigenvalue weighted by Gasteiger charge is 2.16. The van der Waals surface area contributed by atoms with E-state index < -0.39 is 23.0 Å². The van der Waals surface area contributed by atoms with E-state index in [4.69, 9.17) is 23.2 Å². The standard InChI is InChI=1S/C13H8Cl2FNO2/c14-7-4-8(15)6-9(5-7)17-13(19)12-10(16)2-1-3-11(12)18/h1-6,18H,(H,17,19). The summed E-state index contributed by atoms with van der Waals surface area (Å²) in [6.07, 6.45) is 0. The zero-order chi connectivity index (χ0) is 14.0. The molecule has 0 fully saturated rings. The van der Waals surface area contributed by atoms with Crippen molar-refractivity contribution < 1.29 is 14.3 Å². The zero-order valence-corrected chi connectivity index (χ0v) is 11.0. The second kappa shape index (κ2) is 5.47. The highest BCUT2D eigenvalue weighted by molar-refractivity contribution is 6.35. The van der Waals surface area contributed by atoms with Crippen molar-refractivity contribution in [3.05, 3.63) is 57.8 Å². The molecule has 1 amide bonds. The van der Waals surface area contributed by atoms with E-state index in [0.29, 0.717) is 15.7 Å². The lowest BCUT2D eigenvalue weighted by Gasteiger charge is -2.08. The Kier molecular flexibility index (Phi) is 3.93. The summed E-state index contributed by atoms with van der Waals surface area (Å²) < 4.78 is 13.5. The number of nitrogens with one attached hydrogen (secondary N) is 1. The van der Waals surface area contributed by atoms with E-state index in [1.807, 2.05) is 0 Å². The van der Waals surface area contributed by atoms with Gasteiger partial charge in [0.05, 0.1) is 0 Å². The van der Waals surface area contributed by atoms with E-state index in [1.165, 1.54) is 30.3 Å². The van der Waals surface area contributed by atoms with Gasteiger partial charge in [0.25, 0.3) is 5.91 Å². The van der Waals surface area contributed by atoms with Crippen LogP contribution in [0.3, 0.4) is 0 Å². The van der Waals surface area contributed by atoms with Crippen LogP contribution in [-0.2, 0) is 0 Å². The molecule has 0 aliphatic heterocycles. The molecule has 0 unspecified atom stereocenters. The van der Waals surface area contributed by atoms with Gasteiger partial charge < -0.3 is 10.4 Å². The number of carbonyl (C=O) groups excluding carboxylic acids is 1. The van der Waals surface area contributed by atoms with Gasteiger partial charge in [0.15, 0.2) is 0 Å². The molecule has 0 spiro atoms. The van der Waals surface area contributed by atoms with Gasteiger partial charge in [-0.25, -0.2) is 4.39 Å². The molecule has 3 nitrogen and oxygen atoms in total. The molecule has 0 aromatic heterocycles. The molecule has 2 N–H and O–H groups in total. The number of halogens is 3. The minimum atomic E-state index is -0.814. The van der Waals surface area contributed by atoms with Crippen molar-refractivity contribution in [3.63, 3.8) is 0 Å². The van der Waals surface area contributed by atoms with Crippen LogP contribution in [0.2, 0.25) is 10.0 Å². The van der Waals surface area contributed by atoms with Gasteiger partial charge in [0.2, 0.25) is 0 Å². The molecular formula is C13H8Cl2FNO2. The van der Waals surface area contributed by atoms with Crippen LogP contribution in [0.4, 0.5) is 10.1 Å². The number of carbonyl (C=O) groups is 1. The number of phenols is 1. The topological polar surface area (TPSA) is 49.3 Å². The van der Waals surface area contributed by atoms with Gasteiger partial charge in [0.1, 0.15) is 17.1 Å². The van der Waals surface area contributed by atoms with Gasteiger partial charge >= 0.3 is 0 Å². The smallest absolute Gasteiger partial charge is 0.262 e. The van der Waals surface area contributed by atoms with Crippen LogP contribution in [-0.4, -0.2) is 11.0 Å². The summed E-state index contributed by atoms with van der Waals surface area (Å²) in [6, 6.07) is 8.03. The Morgan fingerprint density at radius 2 is 1.79 bits per heavy atom. The zero-order valence-electron chi connectivity index (χ0n) is 9.45. The fraction of sp³-hybridized carbons (Fsp3) is 0. The maximum Gasteiger partial charge on any atom is 0.262 e. The second-order valence-electron chi connectivity index (χ2n) is 3.75.